The second-order valence-corrected chi connectivity index (χ2v) is 5.11. The predicted molar refractivity (Wildman–Crippen MR) is 76.2 cm³/mol. The highest BCUT2D eigenvalue weighted by atomic mass is 35.5. The van der Waals surface area contributed by atoms with E-state index in [4.69, 9.17) is 21.1 Å². The lowest BCUT2D eigenvalue weighted by molar-refractivity contribution is 0.355. The van der Waals surface area contributed by atoms with Crippen LogP contribution in [0.25, 0.3) is 10.9 Å². The molecule has 0 aliphatic rings. The molecule has 0 fully saturated rings. The quantitative estimate of drug-likeness (QED) is 0.804. The van der Waals surface area contributed by atoms with Crippen molar-refractivity contribution in [3.8, 4) is 11.5 Å². The summed E-state index contributed by atoms with van der Waals surface area (Å²) < 4.78 is 10.5. The molecular formula is C14H17ClN2O2. The topological polar surface area (TPSA) is 44.2 Å². The second kappa shape index (κ2) is 5.61. The van der Waals surface area contributed by atoms with E-state index in [1.54, 1.807) is 20.3 Å². The molecule has 4 nitrogen and oxygen atoms in total. The monoisotopic (exact) mass is 280 g/mol. The van der Waals surface area contributed by atoms with E-state index in [1.807, 2.05) is 6.07 Å². The fourth-order valence-corrected chi connectivity index (χ4v) is 2.17. The Kier molecular flexibility index (Phi) is 4.10. The number of aromatic nitrogens is 2. The maximum absolute atomic E-state index is 6.22. The van der Waals surface area contributed by atoms with Gasteiger partial charge in [-0.2, -0.15) is 0 Å². The molecule has 0 N–H and O–H groups in total. The SMILES string of the molecule is COc1cc2nc(CC(C)C)nc(Cl)c2cc1OC. The highest BCUT2D eigenvalue weighted by Crippen LogP contribution is 2.33. The van der Waals surface area contributed by atoms with Crippen molar-refractivity contribution in [1.29, 1.82) is 0 Å². The van der Waals surface area contributed by atoms with Crippen LogP contribution in [0.3, 0.4) is 0 Å². The molecule has 19 heavy (non-hydrogen) atoms. The Labute approximate surface area is 117 Å². The number of nitrogens with zero attached hydrogens (tertiary/aromatic N) is 2. The first kappa shape index (κ1) is 13.9. The molecule has 1 aromatic carbocycles. The normalized spacial score (nSPS) is 11.1. The molecule has 1 heterocycles. The van der Waals surface area contributed by atoms with Crippen molar-refractivity contribution in [2.75, 3.05) is 14.2 Å². The fraction of sp³-hybridized carbons (Fsp3) is 0.429. The van der Waals surface area contributed by atoms with Crippen LogP contribution in [0.2, 0.25) is 5.15 Å². The molecule has 0 aliphatic heterocycles. The van der Waals surface area contributed by atoms with Crippen LogP contribution < -0.4 is 9.47 Å². The Balaban J connectivity index is 2.60. The standard InChI is InChI=1S/C14H17ClN2O2/c1-8(2)5-13-16-10-7-12(19-4)11(18-3)6-9(10)14(15)17-13/h6-8H,5H2,1-4H3. The zero-order chi connectivity index (χ0) is 14.0. The molecule has 0 saturated heterocycles. The Morgan fingerprint density at radius 1 is 1.11 bits per heavy atom. The molecular weight excluding hydrogens is 264 g/mol. The third kappa shape index (κ3) is 2.89. The van der Waals surface area contributed by atoms with Crippen molar-refractivity contribution in [2.45, 2.75) is 20.3 Å². The lowest BCUT2D eigenvalue weighted by Gasteiger charge is -2.11. The molecule has 0 radical (unpaired) electrons. The molecule has 0 bridgehead atoms. The minimum absolute atomic E-state index is 0.446. The van der Waals surface area contributed by atoms with Gasteiger partial charge in [0.25, 0.3) is 0 Å². The number of fused-ring (bicyclic) bond motifs is 1. The van der Waals surface area contributed by atoms with E-state index in [0.29, 0.717) is 22.6 Å². The number of hydrogen-bond acceptors (Lipinski definition) is 4. The molecule has 2 aromatic rings. The van der Waals surface area contributed by atoms with Crippen molar-refractivity contribution in [3.05, 3.63) is 23.1 Å². The fourth-order valence-electron chi connectivity index (χ4n) is 1.92. The first-order chi connectivity index (χ1) is 9.05. The molecule has 1 aromatic heterocycles. The summed E-state index contributed by atoms with van der Waals surface area (Å²) in [6, 6.07) is 3.63. The smallest absolute Gasteiger partial charge is 0.162 e. The van der Waals surface area contributed by atoms with Gasteiger partial charge in [0.2, 0.25) is 0 Å². The summed E-state index contributed by atoms with van der Waals surface area (Å²) in [6.45, 7) is 4.24. The van der Waals surface area contributed by atoms with Crippen molar-refractivity contribution in [3.63, 3.8) is 0 Å². The number of methoxy groups -OCH3 is 2. The summed E-state index contributed by atoms with van der Waals surface area (Å²) in [6.07, 6.45) is 0.796. The van der Waals surface area contributed by atoms with Crippen LogP contribution in [-0.4, -0.2) is 24.2 Å². The molecule has 0 spiro atoms. The van der Waals surface area contributed by atoms with E-state index >= 15 is 0 Å². The first-order valence-electron chi connectivity index (χ1n) is 6.13. The third-order valence-electron chi connectivity index (χ3n) is 2.79. The lowest BCUT2D eigenvalue weighted by Crippen LogP contribution is -2.02. The molecule has 0 saturated carbocycles. The minimum atomic E-state index is 0.446. The van der Waals surface area contributed by atoms with Crippen LogP contribution in [0.15, 0.2) is 12.1 Å². The third-order valence-corrected chi connectivity index (χ3v) is 3.08. The molecule has 102 valence electrons. The second-order valence-electron chi connectivity index (χ2n) is 4.75. The molecule has 0 unspecified atom stereocenters. The van der Waals surface area contributed by atoms with Gasteiger partial charge in [0.15, 0.2) is 11.5 Å². The van der Waals surface area contributed by atoms with E-state index < -0.39 is 0 Å². The number of benzene rings is 1. The van der Waals surface area contributed by atoms with Gasteiger partial charge in [0.1, 0.15) is 11.0 Å². The van der Waals surface area contributed by atoms with Gasteiger partial charge in [-0.25, -0.2) is 9.97 Å². The number of ether oxygens (including phenoxy) is 2. The average molecular weight is 281 g/mol. The highest BCUT2D eigenvalue weighted by molar-refractivity contribution is 6.34. The Morgan fingerprint density at radius 2 is 1.74 bits per heavy atom. The van der Waals surface area contributed by atoms with Gasteiger partial charge in [-0.15, -0.1) is 0 Å². The summed E-state index contributed by atoms with van der Waals surface area (Å²) in [7, 11) is 3.19. The van der Waals surface area contributed by atoms with Gasteiger partial charge in [0, 0.05) is 17.9 Å². The van der Waals surface area contributed by atoms with Gasteiger partial charge in [-0.1, -0.05) is 25.4 Å². The predicted octanol–water partition coefficient (Wildman–Crippen LogP) is 3.50. The van der Waals surface area contributed by atoms with Gasteiger partial charge in [-0.3, -0.25) is 0 Å². The van der Waals surface area contributed by atoms with Crippen LogP contribution in [-0.2, 0) is 6.42 Å². The van der Waals surface area contributed by atoms with E-state index in [9.17, 15) is 0 Å². The zero-order valence-corrected chi connectivity index (χ0v) is 12.3. The van der Waals surface area contributed by atoms with E-state index in [-0.39, 0.29) is 0 Å². The summed E-state index contributed by atoms with van der Waals surface area (Å²) in [5.74, 6) is 2.49. The van der Waals surface area contributed by atoms with Crippen molar-refractivity contribution in [1.82, 2.24) is 9.97 Å². The summed E-state index contributed by atoms with van der Waals surface area (Å²) in [4.78, 5) is 8.86. The van der Waals surface area contributed by atoms with Crippen molar-refractivity contribution < 1.29 is 9.47 Å². The van der Waals surface area contributed by atoms with Crippen LogP contribution >= 0.6 is 11.6 Å². The summed E-state index contributed by atoms with van der Waals surface area (Å²) in [5.41, 5.74) is 0.772. The maximum Gasteiger partial charge on any atom is 0.162 e. The number of rotatable bonds is 4. The van der Waals surface area contributed by atoms with Gasteiger partial charge < -0.3 is 9.47 Å². The average Bonchev–Trinajstić information content (AvgIpc) is 2.36. The van der Waals surface area contributed by atoms with Crippen molar-refractivity contribution in [2.24, 2.45) is 5.92 Å². The van der Waals surface area contributed by atoms with Crippen molar-refractivity contribution >= 4 is 22.5 Å². The summed E-state index contributed by atoms with van der Waals surface area (Å²) >= 11 is 6.22. The largest absolute Gasteiger partial charge is 0.493 e. The first-order valence-corrected chi connectivity index (χ1v) is 6.51. The molecule has 2 rings (SSSR count). The Bertz CT molecular complexity index is 600. The van der Waals surface area contributed by atoms with Gasteiger partial charge in [-0.05, 0) is 12.0 Å². The van der Waals surface area contributed by atoms with Crippen LogP contribution in [0.1, 0.15) is 19.7 Å². The molecule has 0 atom stereocenters. The highest BCUT2D eigenvalue weighted by Gasteiger charge is 2.12. The van der Waals surface area contributed by atoms with E-state index in [2.05, 4.69) is 23.8 Å². The zero-order valence-electron chi connectivity index (χ0n) is 11.5. The molecule has 5 heteroatoms. The van der Waals surface area contributed by atoms with Gasteiger partial charge in [0.05, 0.1) is 19.7 Å². The minimum Gasteiger partial charge on any atom is -0.493 e. The lowest BCUT2D eigenvalue weighted by atomic mass is 10.1. The number of hydrogen-bond donors (Lipinski definition) is 0. The summed E-state index contributed by atoms with van der Waals surface area (Å²) in [5, 5.41) is 1.22. The van der Waals surface area contributed by atoms with Crippen LogP contribution in [0, 0.1) is 5.92 Å². The Hall–Kier alpha value is -1.55. The maximum atomic E-state index is 6.22. The van der Waals surface area contributed by atoms with Gasteiger partial charge >= 0.3 is 0 Å². The Morgan fingerprint density at radius 3 is 2.32 bits per heavy atom. The van der Waals surface area contributed by atoms with Crippen LogP contribution in [0.4, 0.5) is 0 Å². The molecule has 0 amide bonds. The number of halogens is 1. The van der Waals surface area contributed by atoms with Crippen LogP contribution in [0.5, 0.6) is 11.5 Å². The van der Waals surface area contributed by atoms with E-state index in [0.717, 1.165) is 23.1 Å². The molecule has 0 aliphatic carbocycles. The van der Waals surface area contributed by atoms with E-state index in [1.165, 1.54) is 0 Å².